The zero-order valence-electron chi connectivity index (χ0n) is 13.9. The Bertz CT molecular complexity index is 846. The molecule has 0 aliphatic heterocycles. The van der Waals surface area contributed by atoms with Crippen LogP contribution in [0.1, 0.15) is 17.9 Å². The van der Waals surface area contributed by atoms with Crippen molar-refractivity contribution >= 4 is 23.2 Å². The van der Waals surface area contributed by atoms with Gasteiger partial charge in [-0.15, -0.1) is 11.3 Å². The van der Waals surface area contributed by atoms with E-state index in [4.69, 9.17) is 9.26 Å². The molecule has 0 saturated carbocycles. The molecule has 0 fully saturated rings. The Morgan fingerprint density at radius 1 is 1.15 bits per heavy atom. The second kappa shape index (κ2) is 8.91. The molecule has 26 heavy (non-hydrogen) atoms. The summed E-state index contributed by atoms with van der Waals surface area (Å²) in [7, 11) is 0. The van der Waals surface area contributed by atoms with Gasteiger partial charge < -0.3 is 14.6 Å². The van der Waals surface area contributed by atoms with Crippen molar-refractivity contribution in [1.29, 1.82) is 0 Å². The zero-order chi connectivity index (χ0) is 18.2. The van der Waals surface area contributed by atoms with Crippen LogP contribution in [0.3, 0.4) is 0 Å². The third kappa shape index (κ3) is 5.25. The number of nitrogens with zero attached hydrogens (tertiary/aromatic N) is 2. The molecule has 0 aliphatic rings. The number of nitrogens with one attached hydrogen (secondary N) is 1. The standard InChI is InChI=1S/C18H17N3O4S/c22-15(19-11-17(23)24-12-13-5-2-1-3-6-13)8-9-16-20-18(21-25-16)14-7-4-10-26-14/h1-7,10H,8-9,11-12H2,(H,19,22). The van der Waals surface area contributed by atoms with Crippen molar-refractivity contribution in [1.82, 2.24) is 15.5 Å². The van der Waals surface area contributed by atoms with Crippen LogP contribution in [-0.2, 0) is 27.4 Å². The summed E-state index contributed by atoms with van der Waals surface area (Å²) in [6.07, 6.45) is 0.460. The third-order valence-electron chi connectivity index (χ3n) is 3.45. The van der Waals surface area contributed by atoms with Gasteiger partial charge in [-0.05, 0) is 17.0 Å². The first-order valence-electron chi connectivity index (χ1n) is 8.03. The molecular formula is C18H17N3O4S. The number of hydrogen-bond donors (Lipinski definition) is 1. The Labute approximate surface area is 154 Å². The normalized spacial score (nSPS) is 10.5. The fourth-order valence-electron chi connectivity index (χ4n) is 2.13. The molecule has 1 aromatic carbocycles. The highest BCUT2D eigenvalue weighted by atomic mass is 32.1. The smallest absolute Gasteiger partial charge is 0.325 e. The maximum atomic E-state index is 11.8. The van der Waals surface area contributed by atoms with E-state index in [1.165, 1.54) is 11.3 Å². The highest BCUT2D eigenvalue weighted by Gasteiger charge is 2.12. The van der Waals surface area contributed by atoms with E-state index in [2.05, 4.69) is 15.5 Å². The van der Waals surface area contributed by atoms with E-state index in [0.29, 0.717) is 18.1 Å². The molecule has 0 saturated heterocycles. The molecule has 134 valence electrons. The number of thiophene rings is 1. The molecule has 0 atom stereocenters. The number of aromatic nitrogens is 2. The van der Waals surface area contributed by atoms with Gasteiger partial charge in [-0.3, -0.25) is 9.59 Å². The molecule has 1 N–H and O–H groups in total. The Morgan fingerprint density at radius 2 is 2.00 bits per heavy atom. The molecule has 2 heterocycles. The molecule has 3 rings (SSSR count). The van der Waals surface area contributed by atoms with Gasteiger partial charge >= 0.3 is 5.97 Å². The minimum Gasteiger partial charge on any atom is -0.460 e. The van der Waals surface area contributed by atoms with Gasteiger partial charge in [0.2, 0.25) is 17.6 Å². The number of benzene rings is 1. The Kier molecular flexibility index (Phi) is 6.10. The highest BCUT2D eigenvalue weighted by molar-refractivity contribution is 7.13. The summed E-state index contributed by atoms with van der Waals surface area (Å²) >= 11 is 1.51. The summed E-state index contributed by atoms with van der Waals surface area (Å²) in [5.74, 6) is 0.132. The summed E-state index contributed by atoms with van der Waals surface area (Å²) in [6.45, 7) is 0.0129. The number of rotatable bonds is 8. The first kappa shape index (κ1) is 17.8. The highest BCUT2D eigenvalue weighted by Crippen LogP contribution is 2.21. The van der Waals surface area contributed by atoms with Crippen LogP contribution in [0.4, 0.5) is 0 Å². The van der Waals surface area contributed by atoms with Gasteiger partial charge in [0.15, 0.2) is 0 Å². The van der Waals surface area contributed by atoms with Gasteiger partial charge in [-0.2, -0.15) is 4.98 Å². The maximum absolute atomic E-state index is 11.8. The van der Waals surface area contributed by atoms with E-state index < -0.39 is 5.97 Å². The molecule has 3 aromatic rings. The monoisotopic (exact) mass is 371 g/mol. The minimum absolute atomic E-state index is 0.151. The van der Waals surface area contributed by atoms with Crippen molar-refractivity contribution in [3.63, 3.8) is 0 Å². The van der Waals surface area contributed by atoms with Gasteiger partial charge in [-0.25, -0.2) is 0 Å². The first-order chi connectivity index (χ1) is 12.7. The second-order valence-corrected chi connectivity index (χ2v) is 6.36. The minimum atomic E-state index is -0.486. The van der Waals surface area contributed by atoms with Crippen LogP contribution in [-0.4, -0.2) is 28.6 Å². The molecule has 0 radical (unpaired) electrons. The van der Waals surface area contributed by atoms with Crippen LogP contribution < -0.4 is 5.32 Å². The van der Waals surface area contributed by atoms with Crippen molar-refractivity contribution in [3.05, 3.63) is 59.3 Å². The molecule has 0 unspecified atom stereocenters. The van der Waals surface area contributed by atoms with E-state index in [0.717, 1.165) is 10.4 Å². The van der Waals surface area contributed by atoms with Gasteiger partial charge in [0.1, 0.15) is 13.2 Å². The van der Waals surface area contributed by atoms with Crippen LogP contribution in [0.5, 0.6) is 0 Å². The lowest BCUT2D eigenvalue weighted by Crippen LogP contribution is -2.30. The van der Waals surface area contributed by atoms with Crippen molar-refractivity contribution in [2.75, 3.05) is 6.54 Å². The van der Waals surface area contributed by atoms with Gasteiger partial charge in [0, 0.05) is 12.8 Å². The van der Waals surface area contributed by atoms with Crippen LogP contribution in [0.25, 0.3) is 10.7 Å². The van der Waals surface area contributed by atoms with Crippen molar-refractivity contribution in [3.8, 4) is 10.7 Å². The van der Waals surface area contributed by atoms with Gasteiger partial charge in [-0.1, -0.05) is 41.6 Å². The molecule has 1 amide bonds. The maximum Gasteiger partial charge on any atom is 0.325 e. The van der Waals surface area contributed by atoms with E-state index in [-0.39, 0.29) is 25.5 Å². The molecule has 7 nitrogen and oxygen atoms in total. The average Bonchev–Trinajstić information content (AvgIpc) is 3.35. The fraction of sp³-hybridized carbons (Fsp3) is 0.222. The topological polar surface area (TPSA) is 94.3 Å². The second-order valence-electron chi connectivity index (χ2n) is 5.41. The van der Waals surface area contributed by atoms with E-state index >= 15 is 0 Å². The van der Waals surface area contributed by atoms with Crippen molar-refractivity contribution in [2.45, 2.75) is 19.4 Å². The van der Waals surface area contributed by atoms with Crippen LogP contribution in [0.2, 0.25) is 0 Å². The lowest BCUT2D eigenvalue weighted by Gasteiger charge is -2.06. The Morgan fingerprint density at radius 3 is 2.77 bits per heavy atom. The first-order valence-corrected chi connectivity index (χ1v) is 8.91. The summed E-state index contributed by atoms with van der Waals surface area (Å²) in [4.78, 5) is 28.6. The quantitative estimate of drug-likeness (QED) is 0.612. The number of hydrogen-bond acceptors (Lipinski definition) is 7. The molecule has 8 heteroatoms. The van der Waals surface area contributed by atoms with Crippen molar-refractivity contribution < 1.29 is 18.8 Å². The lowest BCUT2D eigenvalue weighted by atomic mass is 10.2. The fourth-order valence-corrected chi connectivity index (χ4v) is 2.78. The third-order valence-corrected chi connectivity index (χ3v) is 4.31. The van der Waals surface area contributed by atoms with Crippen molar-refractivity contribution in [2.24, 2.45) is 0 Å². The Balaban J connectivity index is 1.36. The average molecular weight is 371 g/mol. The summed E-state index contributed by atoms with van der Waals surface area (Å²) in [6, 6.07) is 13.1. The molecule has 0 spiro atoms. The predicted octanol–water partition coefficient (Wildman–Crippen LogP) is 2.59. The van der Waals surface area contributed by atoms with E-state index in [9.17, 15) is 9.59 Å². The van der Waals surface area contributed by atoms with Gasteiger partial charge in [0.25, 0.3) is 0 Å². The van der Waals surface area contributed by atoms with Crippen LogP contribution >= 0.6 is 11.3 Å². The number of aryl methyl sites for hydroxylation is 1. The summed E-state index contributed by atoms with van der Waals surface area (Å²) in [5, 5.41) is 8.33. The summed E-state index contributed by atoms with van der Waals surface area (Å²) in [5.41, 5.74) is 0.894. The molecule has 0 aliphatic carbocycles. The predicted molar refractivity (Wildman–Crippen MR) is 95.2 cm³/mol. The summed E-state index contributed by atoms with van der Waals surface area (Å²) < 4.78 is 10.2. The molecule has 0 bridgehead atoms. The molecular weight excluding hydrogens is 354 g/mol. The largest absolute Gasteiger partial charge is 0.460 e. The Hall–Kier alpha value is -3.00. The SMILES string of the molecule is O=C(CCc1nc(-c2cccs2)no1)NCC(=O)OCc1ccccc1. The number of carbonyl (C=O) groups is 2. The van der Waals surface area contributed by atoms with E-state index in [1.54, 1.807) is 0 Å². The van der Waals surface area contributed by atoms with Crippen LogP contribution in [0.15, 0.2) is 52.4 Å². The van der Waals surface area contributed by atoms with Gasteiger partial charge in [0.05, 0.1) is 4.88 Å². The van der Waals surface area contributed by atoms with Crippen LogP contribution in [0, 0.1) is 0 Å². The number of ether oxygens (including phenoxy) is 1. The number of esters is 1. The van der Waals surface area contributed by atoms with E-state index in [1.807, 2.05) is 47.8 Å². The lowest BCUT2D eigenvalue weighted by molar-refractivity contribution is -0.145. The number of carbonyl (C=O) groups excluding carboxylic acids is 2. The zero-order valence-corrected chi connectivity index (χ0v) is 14.7. The number of amides is 1. The molecule has 2 aromatic heterocycles.